The van der Waals surface area contributed by atoms with Gasteiger partial charge in [-0.2, -0.15) is 0 Å². The highest BCUT2D eigenvalue weighted by Crippen LogP contribution is 2.60. The number of fused-ring (bicyclic) bond motifs is 3. The van der Waals surface area contributed by atoms with E-state index in [9.17, 15) is 0 Å². The van der Waals surface area contributed by atoms with E-state index in [4.69, 9.17) is 4.74 Å². The number of hydrogen-bond acceptors (Lipinski definition) is 1. The van der Waals surface area contributed by atoms with Crippen molar-refractivity contribution in [3.8, 4) is 0 Å². The summed E-state index contributed by atoms with van der Waals surface area (Å²) in [6.07, 6.45) is 18.2. The molecule has 0 aromatic carbocycles. The van der Waals surface area contributed by atoms with Crippen LogP contribution < -0.4 is 0 Å². The van der Waals surface area contributed by atoms with Crippen LogP contribution in [0.25, 0.3) is 0 Å². The monoisotopic (exact) mass is 330 g/mol. The van der Waals surface area contributed by atoms with Gasteiger partial charge in [0.15, 0.2) is 0 Å². The van der Waals surface area contributed by atoms with Gasteiger partial charge in [-0.15, -0.1) is 0 Å². The van der Waals surface area contributed by atoms with Gasteiger partial charge in [0.25, 0.3) is 0 Å². The van der Waals surface area contributed by atoms with Crippen molar-refractivity contribution in [2.45, 2.75) is 103 Å². The molecule has 0 aromatic heterocycles. The SMILES string of the molecule is CC1C(C)C2CCC3(OC2C2CCCCC12)C1CCCC3CCC1. The predicted octanol–water partition coefficient (Wildman–Crippen LogP) is 6.21. The van der Waals surface area contributed by atoms with E-state index in [1.54, 1.807) is 0 Å². The summed E-state index contributed by atoms with van der Waals surface area (Å²) < 4.78 is 7.37. The summed E-state index contributed by atoms with van der Waals surface area (Å²) in [5, 5.41) is 0. The Kier molecular flexibility index (Phi) is 4.04. The molecule has 4 saturated carbocycles. The summed E-state index contributed by atoms with van der Waals surface area (Å²) in [5.74, 6) is 6.36. The first-order valence-electron chi connectivity index (χ1n) is 11.4. The molecule has 0 aromatic rings. The van der Waals surface area contributed by atoms with Crippen LogP contribution in [0.15, 0.2) is 0 Å². The zero-order valence-corrected chi connectivity index (χ0v) is 16.0. The van der Waals surface area contributed by atoms with Crippen molar-refractivity contribution in [3.63, 3.8) is 0 Å². The zero-order chi connectivity index (χ0) is 16.3. The molecule has 1 saturated heterocycles. The Labute approximate surface area is 149 Å². The van der Waals surface area contributed by atoms with E-state index in [1.807, 2.05) is 0 Å². The first-order chi connectivity index (χ1) is 11.7. The van der Waals surface area contributed by atoms with Crippen LogP contribution in [0.4, 0.5) is 0 Å². The van der Waals surface area contributed by atoms with E-state index >= 15 is 0 Å². The molecule has 1 heterocycles. The summed E-state index contributed by atoms with van der Waals surface area (Å²) in [6.45, 7) is 5.14. The molecular weight excluding hydrogens is 292 g/mol. The van der Waals surface area contributed by atoms with E-state index in [0.717, 1.165) is 41.4 Å². The predicted molar refractivity (Wildman–Crippen MR) is 98.8 cm³/mol. The Balaban J connectivity index is 1.46. The highest BCUT2D eigenvalue weighted by atomic mass is 16.5. The second-order valence-electron chi connectivity index (χ2n) is 10.3. The Bertz CT molecular complexity index is 449. The number of hydrogen-bond donors (Lipinski definition) is 0. The van der Waals surface area contributed by atoms with Gasteiger partial charge < -0.3 is 4.74 Å². The maximum Gasteiger partial charge on any atom is 0.0742 e. The molecule has 1 spiro atoms. The lowest BCUT2D eigenvalue weighted by Crippen LogP contribution is -2.62. The molecule has 6 unspecified atom stereocenters. The molecule has 0 N–H and O–H groups in total. The molecule has 1 aliphatic heterocycles. The Hall–Kier alpha value is -0.0400. The molecule has 5 aliphatic rings. The summed E-state index contributed by atoms with van der Waals surface area (Å²) in [6, 6.07) is 0. The third-order valence-corrected chi connectivity index (χ3v) is 9.72. The lowest BCUT2D eigenvalue weighted by atomic mass is 9.52. The molecule has 4 aliphatic carbocycles. The maximum atomic E-state index is 7.37. The number of ether oxygens (including phenoxy) is 1. The fourth-order valence-corrected chi connectivity index (χ4v) is 8.37. The molecule has 5 fully saturated rings. The topological polar surface area (TPSA) is 9.23 Å². The first-order valence-corrected chi connectivity index (χ1v) is 11.4. The van der Waals surface area contributed by atoms with Crippen LogP contribution in [0.2, 0.25) is 0 Å². The highest BCUT2D eigenvalue weighted by Gasteiger charge is 2.58. The second-order valence-corrected chi connectivity index (χ2v) is 10.3. The standard InChI is InChI=1S/C23H38O/c1-15-16(2)20-13-14-23(17-7-5-8-18(23)10-6-9-17)24-22(20)21-12-4-3-11-19(15)21/h15-22H,3-14H2,1-2H3. The van der Waals surface area contributed by atoms with Crippen molar-refractivity contribution in [2.75, 3.05) is 0 Å². The van der Waals surface area contributed by atoms with Crippen LogP contribution in [-0.4, -0.2) is 11.7 Å². The van der Waals surface area contributed by atoms with Gasteiger partial charge in [0.1, 0.15) is 0 Å². The van der Waals surface area contributed by atoms with Gasteiger partial charge in [0.05, 0.1) is 11.7 Å². The maximum absolute atomic E-state index is 7.37. The molecule has 1 nitrogen and oxygen atoms in total. The minimum atomic E-state index is 0.319. The van der Waals surface area contributed by atoms with E-state index < -0.39 is 0 Å². The summed E-state index contributed by atoms with van der Waals surface area (Å²) in [5.41, 5.74) is 0.319. The van der Waals surface area contributed by atoms with Crippen molar-refractivity contribution in [3.05, 3.63) is 0 Å². The van der Waals surface area contributed by atoms with E-state index in [0.29, 0.717) is 11.7 Å². The van der Waals surface area contributed by atoms with Gasteiger partial charge in [0.2, 0.25) is 0 Å². The van der Waals surface area contributed by atoms with E-state index in [-0.39, 0.29) is 0 Å². The summed E-state index contributed by atoms with van der Waals surface area (Å²) >= 11 is 0. The van der Waals surface area contributed by atoms with Gasteiger partial charge in [-0.3, -0.25) is 0 Å². The van der Waals surface area contributed by atoms with E-state index in [1.165, 1.54) is 77.0 Å². The molecule has 0 radical (unpaired) electrons. The Morgan fingerprint density at radius 2 is 1.21 bits per heavy atom. The molecule has 24 heavy (non-hydrogen) atoms. The Morgan fingerprint density at radius 1 is 0.625 bits per heavy atom. The summed E-state index contributed by atoms with van der Waals surface area (Å²) in [7, 11) is 0. The fourth-order valence-electron chi connectivity index (χ4n) is 8.37. The highest BCUT2D eigenvalue weighted by molar-refractivity contribution is 5.07. The number of rotatable bonds is 0. The van der Waals surface area contributed by atoms with E-state index in [2.05, 4.69) is 13.8 Å². The van der Waals surface area contributed by atoms with Crippen LogP contribution in [0.1, 0.15) is 90.9 Å². The third kappa shape index (κ3) is 2.22. The molecule has 136 valence electrons. The van der Waals surface area contributed by atoms with Crippen molar-refractivity contribution in [1.29, 1.82) is 0 Å². The third-order valence-electron chi connectivity index (χ3n) is 9.72. The summed E-state index contributed by atoms with van der Waals surface area (Å²) in [4.78, 5) is 0. The largest absolute Gasteiger partial charge is 0.371 e. The minimum Gasteiger partial charge on any atom is -0.371 e. The quantitative estimate of drug-likeness (QED) is 0.513. The van der Waals surface area contributed by atoms with Gasteiger partial charge >= 0.3 is 0 Å². The van der Waals surface area contributed by atoms with Crippen LogP contribution in [-0.2, 0) is 4.74 Å². The molecular formula is C23H38O. The average molecular weight is 331 g/mol. The van der Waals surface area contributed by atoms with Crippen molar-refractivity contribution in [2.24, 2.45) is 41.4 Å². The lowest BCUT2D eigenvalue weighted by Gasteiger charge is -2.62. The van der Waals surface area contributed by atoms with Gasteiger partial charge in [-0.25, -0.2) is 0 Å². The average Bonchev–Trinajstić information content (AvgIpc) is 2.59. The second kappa shape index (κ2) is 6.00. The van der Waals surface area contributed by atoms with Gasteiger partial charge in [-0.05, 0) is 92.8 Å². The zero-order valence-electron chi connectivity index (χ0n) is 16.0. The fraction of sp³-hybridized carbons (Fsp3) is 1.00. The molecule has 0 amide bonds. The minimum absolute atomic E-state index is 0.319. The van der Waals surface area contributed by atoms with Crippen molar-refractivity contribution >= 4 is 0 Å². The molecule has 1 heteroatoms. The van der Waals surface area contributed by atoms with Crippen molar-refractivity contribution in [1.82, 2.24) is 0 Å². The first kappa shape index (κ1) is 16.2. The normalized spacial score (nSPS) is 57.2. The molecule has 2 bridgehead atoms. The smallest absolute Gasteiger partial charge is 0.0742 e. The van der Waals surface area contributed by atoms with Crippen LogP contribution >= 0.6 is 0 Å². The molecule has 5 rings (SSSR count). The van der Waals surface area contributed by atoms with Crippen LogP contribution in [0.5, 0.6) is 0 Å². The molecule has 6 atom stereocenters. The lowest BCUT2D eigenvalue weighted by molar-refractivity contribution is -0.271. The van der Waals surface area contributed by atoms with Crippen LogP contribution in [0.3, 0.4) is 0 Å². The van der Waals surface area contributed by atoms with Gasteiger partial charge in [-0.1, -0.05) is 39.5 Å². The van der Waals surface area contributed by atoms with Crippen LogP contribution in [0, 0.1) is 41.4 Å². The van der Waals surface area contributed by atoms with Crippen molar-refractivity contribution < 1.29 is 4.74 Å². The van der Waals surface area contributed by atoms with Gasteiger partial charge in [0, 0.05) is 0 Å². The Morgan fingerprint density at radius 3 is 1.88 bits per heavy atom.